The first-order valence-corrected chi connectivity index (χ1v) is 6.55. The van der Waals surface area contributed by atoms with Crippen LogP contribution in [0.2, 0.25) is 0 Å². The van der Waals surface area contributed by atoms with Gasteiger partial charge < -0.3 is 15.3 Å². The molecule has 0 spiro atoms. The smallest absolute Gasteiger partial charge is 0.303 e. The van der Waals surface area contributed by atoms with E-state index in [-0.39, 0.29) is 19.3 Å². The van der Waals surface area contributed by atoms with E-state index in [1.54, 1.807) is 0 Å². The summed E-state index contributed by atoms with van der Waals surface area (Å²) in [6, 6.07) is 0. The van der Waals surface area contributed by atoms with Gasteiger partial charge in [0.15, 0.2) is 0 Å². The molecule has 19 heavy (non-hydrogen) atoms. The predicted octanol–water partition coefficient (Wildman–Crippen LogP) is 2.76. The van der Waals surface area contributed by atoms with Gasteiger partial charge in [-0.05, 0) is 12.8 Å². The first kappa shape index (κ1) is 19.7. The van der Waals surface area contributed by atoms with Crippen molar-refractivity contribution in [2.75, 3.05) is 0 Å². The van der Waals surface area contributed by atoms with Gasteiger partial charge in [-0.1, -0.05) is 32.6 Å². The second-order valence-corrected chi connectivity index (χ2v) is 4.20. The Morgan fingerprint density at radius 1 is 0.632 bits per heavy atom. The van der Waals surface area contributed by atoms with Gasteiger partial charge in [-0.3, -0.25) is 14.4 Å². The van der Waals surface area contributed by atoms with Gasteiger partial charge in [0, 0.05) is 19.3 Å². The molecule has 0 atom stereocenters. The largest absolute Gasteiger partial charge is 0.481 e. The van der Waals surface area contributed by atoms with Crippen molar-refractivity contribution in [1.29, 1.82) is 0 Å². The number of carboxylic acid groups (broad SMARTS) is 3. The van der Waals surface area contributed by atoms with Gasteiger partial charge in [-0.15, -0.1) is 0 Å². The summed E-state index contributed by atoms with van der Waals surface area (Å²) in [5.41, 5.74) is 0. The highest BCUT2D eigenvalue weighted by Gasteiger charge is 1.99. The van der Waals surface area contributed by atoms with Gasteiger partial charge in [0.1, 0.15) is 0 Å². The van der Waals surface area contributed by atoms with Crippen LogP contribution < -0.4 is 0 Å². The molecule has 0 rings (SSSR count). The van der Waals surface area contributed by atoms with Crippen LogP contribution >= 0.6 is 0 Å². The Hall–Kier alpha value is -1.59. The molecule has 0 bridgehead atoms. The van der Waals surface area contributed by atoms with Crippen LogP contribution in [0.25, 0.3) is 0 Å². The van der Waals surface area contributed by atoms with Crippen molar-refractivity contribution in [3.63, 3.8) is 0 Å². The summed E-state index contributed by atoms with van der Waals surface area (Å²) < 4.78 is 0. The highest BCUT2D eigenvalue weighted by molar-refractivity contribution is 5.69. The lowest BCUT2D eigenvalue weighted by molar-refractivity contribution is -0.139. The molecule has 0 aliphatic rings. The summed E-state index contributed by atoms with van der Waals surface area (Å²) >= 11 is 0. The molecular formula is C13H24O6. The van der Waals surface area contributed by atoms with Crippen molar-refractivity contribution in [3.8, 4) is 0 Å². The maximum Gasteiger partial charge on any atom is 0.303 e. The molecule has 0 saturated heterocycles. The second kappa shape index (κ2) is 14.5. The van der Waals surface area contributed by atoms with Crippen LogP contribution in [-0.2, 0) is 14.4 Å². The average molecular weight is 276 g/mol. The van der Waals surface area contributed by atoms with Crippen LogP contribution in [0.5, 0.6) is 0 Å². The monoisotopic (exact) mass is 276 g/mol. The number of carbonyl (C=O) groups is 3. The maximum atomic E-state index is 10.0. The van der Waals surface area contributed by atoms with Crippen molar-refractivity contribution in [1.82, 2.24) is 0 Å². The van der Waals surface area contributed by atoms with Crippen LogP contribution in [0.4, 0.5) is 0 Å². The average Bonchev–Trinajstić information content (AvgIpc) is 2.28. The van der Waals surface area contributed by atoms with Crippen LogP contribution in [0.15, 0.2) is 0 Å². The third kappa shape index (κ3) is 26.2. The second-order valence-electron chi connectivity index (χ2n) is 4.20. The molecule has 0 aromatic heterocycles. The number of hydrogen-bond acceptors (Lipinski definition) is 3. The van der Waals surface area contributed by atoms with E-state index in [1.165, 1.54) is 19.3 Å². The van der Waals surface area contributed by atoms with Crippen LogP contribution in [0, 0.1) is 0 Å². The summed E-state index contributed by atoms with van der Waals surface area (Å²) in [6.07, 6.45) is 5.97. The molecule has 112 valence electrons. The SMILES string of the molecule is CCCCCCCC(=O)O.O=C(O)CCCC(=O)O. The minimum atomic E-state index is -0.948. The number of rotatable bonds is 10. The summed E-state index contributed by atoms with van der Waals surface area (Å²) in [5, 5.41) is 24.3. The molecule has 0 aromatic carbocycles. The van der Waals surface area contributed by atoms with E-state index in [0.717, 1.165) is 12.8 Å². The standard InChI is InChI=1S/C8H16O2.C5H8O4/c1-2-3-4-5-6-7-8(9)10;6-4(7)2-1-3-5(8)9/h2-7H2,1H3,(H,9,10);1-3H2,(H,6,7)(H,8,9). The minimum Gasteiger partial charge on any atom is -0.481 e. The van der Waals surface area contributed by atoms with E-state index in [2.05, 4.69) is 6.92 Å². The van der Waals surface area contributed by atoms with Crippen molar-refractivity contribution in [2.45, 2.75) is 64.7 Å². The van der Waals surface area contributed by atoms with E-state index in [4.69, 9.17) is 15.3 Å². The molecule has 0 amide bonds. The van der Waals surface area contributed by atoms with Crippen LogP contribution in [0.3, 0.4) is 0 Å². The summed E-state index contributed by atoms with van der Waals surface area (Å²) in [7, 11) is 0. The van der Waals surface area contributed by atoms with Gasteiger partial charge in [0.25, 0.3) is 0 Å². The number of aliphatic carboxylic acids is 3. The van der Waals surface area contributed by atoms with Gasteiger partial charge in [-0.25, -0.2) is 0 Å². The zero-order chi connectivity index (χ0) is 15.1. The summed E-state index contributed by atoms with van der Waals surface area (Å²) in [4.78, 5) is 29.6. The predicted molar refractivity (Wildman–Crippen MR) is 70.1 cm³/mol. The minimum absolute atomic E-state index is 0.0632. The number of hydrogen-bond donors (Lipinski definition) is 3. The highest BCUT2D eigenvalue weighted by atomic mass is 16.4. The van der Waals surface area contributed by atoms with Gasteiger partial charge in [0.05, 0.1) is 0 Å². The van der Waals surface area contributed by atoms with Gasteiger partial charge >= 0.3 is 17.9 Å². The topological polar surface area (TPSA) is 112 Å². The van der Waals surface area contributed by atoms with E-state index in [0.29, 0.717) is 6.42 Å². The summed E-state index contributed by atoms with van der Waals surface area (Å²) in [6.45, 7) is 2.15. The molecule has 3 N–H and O–H groups in total. The molecule has 0 unspecified atom stereocenters. The molecule has 0 radical (unpaired) electrons. The Morgan fingerprint density at radius 2 is 1.00 bits per heavy atom. The fourth-order valence-corrected chi connectivity index (χ4v) is 1.27. The molecule has 0 aromatic rings. The summed E-state index contributed by atoms with van der Waals surface area (Å²) in [5.74, 6) is -2.57. The van der Waals surface area contributed by atoms with Crippen molar-refractivity contribution < 1.29 is 29.7 Å². The number of unbranched alkanes of at least 4 members (excludes halogenated alkanes) is 4. The zero-order valence-electron chi connectivity index (χ0n) is 11.4. The molecule has 0 heterocycles. The highest BCUT2D eigenvalue weighted by Crippen LogP contribution is 2.04. The van der Waals surface area contributed by atoms with Gasteiger partial charge in [-0.2, -0.15) is 0 Å². The molecule has 6 nitrogen and oxygen atoms in total. The normalized spacial score (nSPS) is 9.32. The third-order valence-corrected chi connectivity index (χ3v) is 2.28. The third-order valence-electron chi connectivity index (χ3n) is 2.28. The number of carboxylic acids is 3. The van der Waals surface area contributed by atoms with E-state index in [9.17, 15) is 14.4 Å². The van der Waals surface area contributed by atoms with E-state index >= 15 is 0 Å². The quantitative estimate of drug-likeness (QED) is 0.529. The fourth-order valence-electron chi connectivity index (χ4n) is 1.27. The molecule has 0 saturated carbocycles. The van der Waals surface area contributed by atoms with E-state index in [1.807, 2.05) is 0 Å². The Kier molecular flexibility index (Phi) is 15.0. The van der Waals surface area contributed by atoms with Crippen molar-refractivity contribution in [3.05, 3.63) is 0 Å². The lowest BCUT2D eigenvalue weighted by atomic mass is 10.1. The molecular weight excluding hydrogens is 252 g/mol. The Bertz CT molecular complexity index is 248. The molecule has 0 aliphatic heterocycles. The fraction of sp³-hybridized carbons (Fsp3) is 0.769. The Morgan fingerprint density at radius 3 is 1.37 bits per heavy atom. The molecule has 0 aliphatic carbocycles. The molecule has 6 heteroatoms. The first-order chi connectivity index (χ1) is 8.90. The zero-order valence-corrected chi connectivity index (χ0v) is 11.4. The first-order valence-electron chi connectivity index (χ1n) is 6.55. The lowest BCUT2D eigenvalue weighted by Gasteiger charge is -1.95. The van der Waals surface area contributed by atoms with Crippen molar-refractivity contribution >= 4 is 17.9 Å². The van der Waals surface area contributed by atoms with Crippen LogP contribution in [0.1, 0.15) is 64.7 Å². The van der Waals surface area contributed by atoms with Crippen molar-refractivity contribution in [2.24, 2.45) is 0 Å². The lowest BCUT2D eigenvalue weighted by Crippen LogP contribution is -1.98. The maximum absolute atomic E-state index is 10.0. The van der Waals surface area contributed by atoms with Gasteiger partial charge in [0.2, 0.25) is 0 Å². The van der Waals surface area contributed by atoms with E-state index < -0.39 is 17.9 Å². The Balaban J connectivity index is 0. The van der Waals surface area contributed by atoms with Crippen LogP contribution in [-0.4, -0.2) is 33.2 Å². The Labute approximate surface area is 113 Å². The molecule has 0 fully saturated rings.